The maximum absolute atomic E-state index is 13.8. The number of carbonyl (C=O) groups excluding carboxylic acids is 1. The van der Waals surface area contributed by atoms with Crippen LogP contribution in [-0.4, -0.2) is 41.8 Å². The van der Waals surface area contributed by atoms with Crippen molar-refractivity contribution in [1.82, 2.24) is 14.9 Å². The molecule has 0 unspecified atom stereocenters. The molecule has 3 saturated carbocycles. The third kappa shape index (κ3) is 3.92. The third-order valence-corrected chi connectivity index (χ3v) is 10.6. The Balaban J connectivity index is 1.36. The van der Waals surface area contributed by atoms with Gasteiger partial charge in [-0.1, -0.05) is 24.3 Å². The van der Waals surface area contributed by atoms with E-state index in [9.17, 15) is 13.2 Å². The Bertz CT molecular complexity index is 1560. The molecule has 2 aromatic carbocycles. The van der Waals surface area contributed by atoms with E-state index in [2.05, 4.69) is 4.72 Å². The molecule has 1 N–H and O–H groups in total. The Hall–Kier alpha value is -3.26. The molecule has 1 amide bonds. The van der Waals surface area contributed by atoms with Crippen LogP contribution in [0.5, 0.6) is 0 Å². The lowest BCUT2D eigenvalue weighted by molar-refractivity contribution is 0.0396. The van der Waals surface area contributed by atoms with Gasteiger partial charge in [-0.25, -0.2) is 23.1 Å². The minimum absolute atomic E-state index is 0.0404. The van der Waals surface area contributed by atoms with Crippen molar-refractivity contribution in [3.63, 3.8) is 0 Å². The van der Waals surface area contributed by atoms with Crippen molar-refractivity contribution in [1.29, 1.82) is 0 Å². The SMILES string of the molecule is Cc1cccc(C)c1-c1cc2nc(n1)NS(=O)(=O)c1cccc(c1)C(=O)N(C1CC3(CC3)C1)CCC21CC1. The molecule has 3 aliphatic carbocycles. The number of nitrogens with one attached hydrogen (secondary N) is 1. The second-order valence-corrected chi connectivity index (χ2v) is 13.6. The summed E-state index contributed by atoms with van der Waals surface area (Å²) < 4.78 is 29.6. The highest BCUT2D eigenvalue weighted by molar-refractivity contribution is 7.92. The van der Waals surface area contributed by atoms with E-state index in [1.165, 1.54) is 25.0 Å². The number of hydrogen-bond donors (Lipinski definition) is 1. The number of sulfonamides is 1. The van der Waals surface area contributed by atoms with Gasteiger partial charge >= 0.3 is 0 Å². The number of carbonyl (C=O) groups is 1. The minimum Gasteiger partial charge on any atom is -0.336 e. The Morgan fingerprint density at radius 2 is 1.63 bits per heavy atom. The van der Waals surface area contributed by atoms with Crippen LogP contribution in [0.2, 0.25) is 0 Å². The highest BCUT2D eigenvalue weighted by Crippen LogP contribution is 2.62. The molecule has 0 saturated heterocycles. The summed E-state index contributed by atoms with van der Waals surface area (Å²) in [5, 5.41) is 0. The average Bonchev–Trinajstić information content (AvgIpc) is 3.78. The lowest BCUT2D eigenvalue weighted by atomic mass is 9.75. The van der Waals surface area contributed by atoms with Gasteiger partial charge in [0.1, 0.15) is 0 Å². The largest absolute Gasteiger partial charge is 0.336 e. The van der Waals surface area contributed by atoms with Gasteiger partial charge < -0.3 is 4.90 Å². The summed E-state index contributed by atoms with van der Waals surface area (Å²) in [7, 11) is -4.00. The molecular formula is C30H32N4O3S. The van der Waals surface area contributed by atoms with E-state index < -0.39 is 10.0 Å². The monoisotopic (exact) mass is 528 g/mol. The first kappa shape index (κ1) is 23.8. The van der Waals surface area contributed by atoms with E-state index in [4.69, 9.17) is 9.97 Å². The summed E-state index contributed by atoms with van der Waals surface area (Å²) in [4.78, 5) is 25.4. The summed E-state index contributed by atoms with van der Waals surface area (Å²) in [5.41, 5.74) is 5.43. The zero-order valence-corrected chi connectivity index (χ0v) is 22.6. The summed E-state index contributed by atoms with van der Waals surface area (Å²) in [5.74, 6) is 0.000503. The highest BCUT2D eigenvalue weighted by atomic mass is 32.2. The quantitative estimate of drug-likeness (QED) is 0.482. The predicted molar refractivity (Wildman–Crippen MR) is 145 cm³/mol. The topological polar surface area (TPSA) is 92.3 Å². The second-order valence-electron chi connectivity index (χ2n) is 12.0. The molecule has 4 bridgehead atoms. The molecule has 2 heterocycles. The van der Waals surface area contributed by atoms with E-state index in [0.717, 1.165) is 60.2 Å². The Kier molecular flexibility index (Phi) is 5.09. The van der Waals surface area contributed by atoms with Gasteiger partial charge in [0.25, 0.3) is 15.9 Å². The smallest absolute Gasteiger partial charge is 0.264 e. The molecule has 7 nitrogen and oxygen atoms in total. The normalized spacial score (nSPS) is 22.6. The number of nitrogens with zero attached hydrogens (tertiary/aromatic N) is 3. The van der Waals surface area contributed by atoms with Crippen molar-refractivity contribution in [3.05, 3.63) is 70.9 Å². The zero-order valence-electron chi connectivity index (χ0n) is 21.8. The fourth-order valence-electron chi connectivity index (χ4n) is 6.57. The first-order valence-electron chi connectivity index (χ1n) is 13.6. The molecule has 7 rings (SSSR count). The lowest BCUT2D eigenvalue weighted by Crippen LogP contribution is -2.49. The van der Waals surface area contributed by atoms with E-state index >= 15 is 0 Å². The Morgan fingerprint density at radius 1 is 0.921 bits per heavy atom. The number of amides is 1. The molecular weight excluding hydrogens is 496 g/mol. The molecule has 1 aliphatic heterocycles. The molecule has 0 atom stereocenters. The number of fused-ring (bicyclic) bond motifs is 5. The number of rotatable bonds is 2. The molecule has 1 aromatic heterocycles. The van der Waals surface area contributed by atoms with Crippen LogP contribution < -0.4 is 4.72 Å². The van der Waals surface area contributed by atoms with Crippen molar-refractivity contribution in [3.8, 4) is 11.3 Å². The molecule has 3 aromatic rings. The fourth-order valence-corrected chi connectivity index (χ4v) is 7.56. The second kappa shape index (κ2) is 8.12. The standard InChI is InChI=1S/C30H32N4O3S/c1-19-5-3-6-20(2)26(19)24-16-25-30(11-12-30)13-14-34(22-17-29(18-22)9-10-29)27(35)21-7-4-8-23(15-21)38(36,37)33-28(31-24)32-25/h3-8,15-16,22H,9-14,17-18H2,1-2H3,(H,31,32,33). The van der Waals surface area contributed by atoms with Gasteiger partial charge in [0.15, 0.2) is 0 Å². The van der Waals surface area contributed by atoms with Crippen LogP contribution in [0.15, 0.2) is 53.4 Å². The number of aromatic nitrogens is 2. The van der Waals surface area contributed by atoms with E-state index in [-0.39, 0.29) is 28.2 Å². The van der Waals surface area contributed by atoms with Crippen LogP contribution in [0.1, 0.15) is 72.1 Å². The first-order chi connectivity index (χ1) is 18.2. The Labute approximate surface area is 223 Å². The van der Waals surface area contributed by atoms with Gasteiger partial charge in [0.05, 0.1) is 16.3 Å². The number of hydrogen-bond acceptors (Lipinski definition) is 5. The van der Waals surface area contributed by atoms with Gasteiger partial charge in [-0.3, -0.25) is 4.79 Å². The number of aryl methyl sites for hydroxylation is 2. The zero-order chi connectivity index (χ0) is 26.3. The van der Waals surface area contributed by atoms with Crippen LogP contribution >= 0.6 is 0 Å². The van der Waals surface area contributed by atoms with Crippen LogP contribution in [0.25, 0.3) is 11.3 Å². The van der Waals surface area contributed by atoms with Crippen LogP contribution in [0, 0.1) is 19.3 Å². The van der Waals surface area contributed by atoms with Crippen molar-refractivity contribution in [2.24, 2.45) is 5.41 Å². The number of anilines is 1. The van der Waals surface area contributed by atoms with Crippen LogP contribution in [0.3, 0.4) is 0 Å². The summed E-state index contributed by atoms with van der Waals surface area (Å²) in [6.07, 6.45) is 7.37. The van der Waals surface area contributed by atoms with E-state index in [1.807, 2.05) is 43.0 Å². The summed E-state index contributed by atoms with van der Waals surface area (Å²) in [6, 6.07) is 14.7. The lowest BCUT2D eigenvalue weighted by Gasteiger charge is -2.44. The molecule has 2 spiro atoms. The van der Waals surface area contributed by atoms with Gasteiger partial charge in [0.2, 0.25) is 5.95 Å². The van der Waals surface area contributed by atoms with Crippen LogP contribution in [-0.2, 0) is 15.4 Å². The summed E-state index contributed by atoms with van der Waals surface area (Å²) in [6.45, 7) is 4.73. The fraction of sp³-hybridized carbons (Fsp3) is 0.433. The number of benzene rings is 2. The van der Waals surface area contributed by atoms with Crippen molar-refractivity contribution >= 4 is 21.9 Å². The molecule has 38 heavy (non-hydrogen) atoms. The Morgan fingerprint density at radius 3 is 2.32 bits per heavy atom. The molecule has 0 radical (unpaired) electrons. The minimum atomic E-state index is -4.00. The highest BCUT2D eigenvalue weighted by Gasteiger charge is 2.55. The molecule has 3 fully saturated rings. The first-order valence-corrected chi connectivity index (χ1v) is 15.1. The predicted octanol–water partition coefficient (Wildman–Crippen LogP) is 5.38. The van der Waals surface area contributed by atoms with Crippen molar-refractivity contribution in [2.75, 3.05) is 11.3 Å². The molecule has 4 aliphatic rings. The van der Waals surface area contributed by atoms with Crippen molar-refractivity contribution < 1.29 is 13.2 Å². The summed E-state index contributed by atoms with van der Waals surface area (Å²) >= 11 is 0. The maximum Gasteiger partial charge on any atom is 0.264 e. The third-order valence-electron chi connectivity index (χ3n) is 9.30. The molecule has 8 heteroatoms. The van der Waals surface area contributed by atoms with Gasteiger partial charge in [0, 0.05) is 29.1 Å². The van der Waals surface area contributed by atoms with Crippen molar-refractivity contribution in [2.45, 2.75) is 75.1 Å². The van der Waals surface area contributed by atoms with Gasteiger partial charge in [-0.05, 0) is 99.6 Å². The van der Waals surface area contributed by atoms with Gasteiger partial charge in [-0.15, -0.1) is 0 Å². The van der Waals surface area contributed by atoms with Gasteiger partial charge in [-0.2, -0.15) is 0 Å². The average molecular weight is 529 g/mol. The maximum atomic E-state index is 13.8. The van der Waals surface area contributed by atoms with E-state index in [0.29, 0.717) is 17.5 Å². The molecule has 196 valence electrons. The van der Waals surface area contributed by atoms with E-state index in [1.54, 1.807) is 12.1 Å². The van der Waals surface area contributed by atoms with Crippen LogP contribution in [0.4, 0.5) is 5.95 Å².